The number of carbonyl (C=O) groups is 1. The van der Waals surface area contributed by atoms with Gasteiger partial charge in [0.1, 0.15) is 17.0 Å². The van der Waals surface area contributed by atoms with Gasteiger partial charge < -0.3 is 5.11 Å². The summed E-state index contributed by atoms with van der Waals surface area (Å²) in [5, 5.41) is 9.98. The lowest BCUT2D eigenvalue weighted by molar-refractivity contribution is -0.142. The van der Waals surface area contributed by atoms with Gasteiger partial charge in [-0.1, -0.05) is 12.1 Å². The summed E-state index contributed by atoms with van der Waals surface area (Å²) in [4.78, 5) is 16.0. The van der Waals surface area contributed by atoms with Crippen LogP contribution < -0.4 is 0 Å². The second kappa shape index (κ2) is 5.82. The third-order valence-electron chi connectivity index (χ3n) is 4.99. The van der Waals surface area contributed by atoms with Gasteiger partial charge in [0.25, 0.3) is 0 Å². The van der Waals surface area contributed by atoms with Crippen molar-refractivity contribution < 1.29 is 18.7 Å². The molecule has 0 saturated heterocycles. The van der Waals surface area contributed by atoms with Crippen LogP contribution in [-0.4, -0.2) is 16.1 Å². The second-order valence-corrected chi connectivity index (χ2v) is 6.12. The predicted molar refractivity (Wildman–Crippen MR) is 86.5 cm³/mol. The number of halogens is 2. The van der Waals surface area contributed by atoms with Crippen LogP contribution in [-0.2, 0) is 10.2 Å². The summed E-state index contributed by atoms with van der Waals surface area (Å²) in [6.07, 6.45) is 3.41. The van der Waals surface area contributed by atoms with Gasteiger partial charge in [0, 0.05) is 6.20 Å². The van der Waals surface area contributed by atoms with Gasteiger partial charge in [-0.25, -0.2) is 8.78 Å². The summed E-state index contributed by atoms with van der Waals surface area (Å²) in [7, 11) is 0. The Bertz CT molecular complexity index is 860. The molecule has 0 aliphatic heterocycles. The number of rotatable bonds is 3. The fourth-order valence-electron chi connectivity index (χ4n) is 3.67. The van der Waals surface area contributed by atoms with Crippen molar-refractivity contribution in [2.24, 2.45) is 0 Å². The van der Waals surface area contributed by atoms with E-state index in [9.17, 15) is 18.7 Å². The monoisotopic (exact) mass is 329 g/mol. The van der Waals surface area contributed by atoms with E-state index in [1.165, 1.54) is 24.4 Å². The van der Waals surface area contributed by atoms with Crippen molar-refractivity contribution in [3.63, 3.8) is 0 Å². The number of allylic oxidation sites excluding steroid dienone is 1. The molecule has 0 spiro atoms. The van der Waals surface area contributed by atoms with E-state index in [2.05, 4.69) is 4.98 Å². The van der Waals surface area contributed by atoms with Gasteiger partial charge >= 0.3 is 5.97 Å². The van der Waals surface area contributed by atoms with Gasteiger partial charge in [-0.05, 0) is 66.7 Å². The number of aromatic nitrogens is 1. The minimum Gasteiger partial charge on any atom is -0.480 e. The molecule has 1 aromatic heterocycles. The Morgan fingerprint density at radius 3 is 2.67 bits per heavy atom. The topological polar surface area (TPSA) is 50.2 Å². The molecule has 0 amide bonds. The summed E-state index contributed by atoms with van der Waals surface area (Å²) >= 11 is 0. The van der Waals surface area contributed by atoms with Crippen molar-refractivity contribution in [3.8, 4) is 0 Å². The third kappa shape index (κ3) is 2.31. The highest BCUT2D eigenvalue weighted by Crippen LogP contribution is 2.49. The molecule has 0 saturated carbocycles. The number of hydrogen-bond acceptors (Lipinski definition) is 2. The van der Waals surface area contributed by atoms with E-state index in [0.717, 1.165) is 11.8 Å². The molecule has 124 valence electrons. The SMILES string of the molecule is CC1=C(c2cncc(F)c2)CC[C@@]1(C(=O)O)c1cccc(F)c1C. The predicted octanol–water partition coefficient (Wildman–Crippen LogP) is 4.26. The summed E-state index contributed by atoms with van der Waals surface area (Å²) in [5.41, 5.74) is 1.42. The van der Waals surface area contributed by atoms with E-state index < -0.39 is 23.0 Å². The summed E-state index contributed by atoms with van der Waals surface area (Å²) in [6.45, 7) is 3.32. The van der Waals surface area contributed by atoms with E-state index in [1.54, 1.807) is 19.9 Å². The average molecular weight is 329 g/mol. The molecule has 1 atom stereocenters. The number of aliphatic carboxylic acids is 1. The van der Waals surface area contributed by atoms with Crippen LogP contribution in [0, 0.1) is 18.6 Å². The molecule has 3 rings (SSSR count). The van der Waals surface area contributed by atoms with Crippen LogP contribution in [0.3, 0.4) is 0 Å². The van der Waals surface area contributed by atoms with Gasteiger partial charge in [0.2, 0.25) is 0 Å². The van der Waals surface area contributed by atoms with Crippen LogP contribution in [0.1, 0.15) is 36.5 Å². The van der Waals surface area contributed by atoms with Gasteiger partial charge in [0.15, 0.2) is 0 Å². The second-order valence-electron chi connectivity index (χ2n) is 6.12. The Morgan fingerprint density at radius 2 is 2.00 bits per heavy atom. The molecule has 0 radical (unpaired) electrons. The Morgan fingerprint density at radius 1 is 1.25 bits per heavy atom. The van der Waals surface area contributed by atoms with Crippen molar-refractivity contribution in [2.45, 2.75) is 32.1 Å². The first-order valence-corrected chi connectivity index (χ1v) is 7.68. The molecule has 1 aromatic carbocycles. The maximum absolute atomic E-state index is 14.0. The Kier molecular flexibility index (Phi) is 3.95. The number of pyridine rings is 1. The van der Waals surface area contributed by atoms with Gasteiger partial charge in [-0.2, -0.15) is 0 Å². The van der Waals surface area contributed by atoms with Crippen LogP contribution in [0.15, 0.2) is 42.2 Å². The van der Waals surface area contributed by atoms with E-state index >= 15 is 0 Å². The van der Waals surface area contributed by atoms with Gasteiger partial charge in [0.05, 0.1) is 6.20 Å². The number of carboxylic acids is 1. The van der Waals surface area contributed by atoms with Crippen molar-refractivity contribution >= 4 is 11.5 Å². The third-order valence-corrected chi connectivity index (χ3v) is 4.99. The minimum absolute atomic E-state index is 0.310. The molecule has 0 fully saturated rings. The van der Waals surface area contributed by atoms with Gasteiger partial charge in [-0.15, -0.1) is 0 Å². The maximum Gasteiger partial charge on any atom is 0.318 e. The zero-order chi connectivity index (χ0) is 17.5. The normalized spacial score (nSPS) is 20.5. The Hall–Kier alpha value is -2.56. The van der Waals surface area contributed by atoms with Crippen LogP contribution in [0.25, 0.3) is 5.57 Å². The van der Waals surface area contributed by atoms with Crippen LogP contribution in [0.2, 0.25) is 0 Å². The first-order chi connectivity index (χ1) is 11.4. The van der Waals surface area contributed by atoms with E-state index in [-0.39, 0.29) is 0 Å². The summed E-state index contributed by atoms with van der Waals surface area (Å²) in [6, 6.07) is 5.85. The maximum atomic E-state index is 14.0. The molecule has 0 bridgehead atoms. The van der Waals surface area contributed by atoms with Crippen LogP contribution in [0.4, 0.5) is 8.78 Å². The quantitative estimate of drug-likeness (QED) is 0.915. The standard InChI is InChI=1S/C19H17F2NO2/c1-11-16(4-3-5-17(11)21)19(18(23)24)7-6-15(12(19)2)13-8-14(20)10-22-9-13/h3-5,8-10H,6-7H2,1-2H3,(H,23,24)/t19-/m0/s1. The minimum atomic E-state index is -1.30. The van der Waals surface area contributed by atoms with Gasteiger partial charge in [-0.3, -0.25) is 9.78 Å². The molecule has 24 heavy (non-hydrogen) atoms. The largest absolute Gasteiger partial charge is 0.480 e. The molecule has 1 heterocycles. The van der Waals surface area contributed by atoms with E-state index in [0.29, 0.717) is 35.1 Å². The summed E-state index contributed by atoms with van der Waals surface area (Å²) < 4.78 is 27.5. The number of benzene rings is 1. The van der Waals surface area contributed by atoms with Crippen molar-refractivity contribution in [3.05, 3.63) is 70.6 Å². The molecule has 2 aromatic rings. The van der Waals surface area contributed by atoms with E-state index in [4.69, 9.17) is 0 Å². The van der Waals surface area contributed by atoms with Crippen LogP contribution in [0.5, 0.6) is 0 Å². The molecule has 0 unspecified atom stereocenters. The lowest BCUT2D eigenvalue weighted by Gasteiger charge is -2.29. The fraction of sp³-hybridized carbons (Fsp3) is 0.263. The molecule has 5 heteroatoms. The van der Waals surface area contributed by atoms with Crippen molar-refractivity contribution in [2.75, 3.05) is 0 Å². The fourth-order valence-corrected chi connectivity index (χ4v) is 3.67. The Balaban J connectivity index is 2.23. The zero-order valence-corrected chi connectivity index (χ0v) is 13.4. The first-order valence-electron chi connectivity index (χ1n) is 7.68. The number of hydrogen-bond donors (Lipinski definition) is 1. The molecular weight excluding hydrogens is 312 g/mol. The molecule has 1 aliphatic carbocycles. The van der Waals surface area contributed by atoms with Crippen LogP contribution >= 0.6 is 0 Å². The average Bonchev–Trinajstić information content (AvgIpc) is 2.88. The lowest BCUT2D eigenvalue weighted by atomic mass is 9.73. The highest BCUT2D eigenvalue weighted by molar-refractivity contribution is 5.92. The first kappa shape index (κ1) is 16.3. The molecule has 1 aliphatic rings. The van der Waals surface area contributed by atoms with Crippen molar-refractivity contribution in [1.82, 2.24) is 4.98 Å². The lowest BCUT2D eigenvalue weighted by Crippen LogP contribution is -2.35. The number of nitrogens with zero attached hydrogens (tertiary/aromatic N) is 1. The van der Waals surface area contributed by atoms with E-state index in [1.807, 2.05) is 0 Å². The highest BCUT2D eigenvalue weighted by Gasteiger charge is 2.48. The highest BCUT2D eigenvalue weighted by atomic mass is 19.1. The van der Waals surface area contributed by atoms with Crippen molar-refractivity contribution in [1.29, 1.82) is 0 Å². The Labute approximate surface area is 138 Å². The molecular formula is C19H17F2NO2. The molecule has 3 nitrogen and oxygen atoms in total. The molecule has 1 N–H and O–H groups in total. The summed E-state index contributed by atoms with van der Waals surface area (Å²) in [5.74, 6) is -1.92. The number of carboxylic acid groups (broad SMARTS) is 1. The zero-order valence-electron chi connectivity index (χ0n) is 13.4. The smallest absolute Gasteiger partial charge is 0.318 e.